The summed E-state index contributed by atoms with van der Waals surface area (Å²) >= 11 is 3.00. The number of hydrogen-bond acceptors (Lipinski definition) is 1. The summed E-state index contributed by atoms with van der Waals surface area (Å²) in [6.07, 6.45) is 0. The van der Waals surface area contributed by atoms with Gasteiger partial charge in [0.2, 0.25) is 0 Å². The van der Waals surface area contributed by atoms with Crippen LogP contribution >= 0.6 is 15.9 Å². The summed E-state index contributed by atoms with van der Waals surface area (Å²) in [7, 11) is 0. The van der Waals surface area contributed by atoms with Gasteiger partial charge in [0.05, 0.1) is 0 Å². The van der Waals surface area contributed by atoms with Crippen molar-refractivity contribution in [3.63, 3.8) is 0 Å². The number of aryl methyl sites for hydroxylation is 1. The summed E-state index contributed by atoms with van der Waals surface area (Å²) in [6.45, 7) is 4.00. The van der Waals surface area contributed by atoms with Gasteiger partial charge in [-0.25, -0.2) is 8.78 Å². The van der Waals surface area contributed by atoms with E-state index in [1.54, 1.807) is 19.1 Å². The molecule has 0 saturated carbocycles. The largest absolute Gasteiger partial charge is 0.308 e. The van der Waals surface area contributed by atoms with Gasteiger partial charge in [0.15, 0.2) is 0 Å². The molecule has 0 atom stereocenters. The fourth-order valence-electron chi connectivity index (χ4n) is 2.05. The van der Waals surface area contributed by atoms with Crippen molar-refractivity contribution >= 4 is 27.5 Å². The molecule has 2 aromatic carbocycles. The summed E-state index contributed by atoms with van der Waals surface area (Å²) in [5, 5.41) is 0. The Hall–Kier alpha value is -1.75. The van der Waals surface area contributed by atoms with E-state index in [0.29, 0.717) is 12.2 Å². The van der Waals surface area contributed by atoms with Gasteiger partial charge in [-0.2, -0.15) is 0 Å². The highest BCUT2D eigenvalue weighted by molar-refractivity contribution is 9.10. The average molecular weight is 354 g/mol. The minimum Gasteiger partial charge on any atom is -0.308 e. The van der Waals surface area contributed by atoms with Gasteiger partial charge in [-0.05, 0) is 38.1 Å². The van der Waals surface area contributed by atoms with Crippen molar-refractivity contribution in [1.82, 2.24) is 0 Å². The Balaban J connectivity index is 2.44. The quantitative estimate of drug-likeness (QED) is 0.782. The van der Waals surface area contributed by atoms with Crippen molar-refractivity contribution in [3.8, 4) is 0 Å². The summed E-state index contributed by atoms with van der Waals surface area (Å²) in [4.78, 5) is 13.8. The van der Waals surface area contributed by atoms with Gasteiger partial charge in [0.25, 0.3) is 5.91 Å². The van der Waals surface area contributed by atoms with Crippen LogP contribution in [0.25, 0.3) is 0 Å². The molecule has 2 rings (SSSR count). The van der Waals surface area contributed by atoms with Crippen LogP contribution in [-0.2, 0) is 0 Å². The zero-order valence-electron chi connectivity index (χ0n) is 11.7. The molecule has 0 bridgehead atoms. The van der Waals surface area contributed by atoms with Crippen LogP contribution in [0.5, 0.6) is 0 Å². The van der Waals surface area contributed by atoms with E-state index in [1.807, 2.05) is 19.1 Å². The Bertz CT molecular complexity index is 647. The van der Waals surface area contributed by atoms with Crippen LogP contribution in [0.2, 0.25) is 0 Å². The molecule has 0 unspecified atom stereocenters. The highest BCUT2D eigenvalue weighted by Crippen LogP contribution is 2.24. The van der Waals surface area contributed by atoms with Crippen molar-refractivity contribution in [2.75, 3.05) is 11.4 Å². The molecule has 110 valence electrons. The van der Waals surface area contributed by atoms with E-state index in [4.69, 9.17) is 0 Å². The molecule has 2 nitrogen and oxygen atoms in total. The summed E-state index contributed by atoms with van der Waals surface area (Å²) < 4.78 is 28.1. The first-order chi connectivity index (χ1) is 9.93. The van der Waals surface area contributed by atoms with Crippen molar-refractivity contribution in [1.29, 1.82) is 0 Å². The van der Waals surface area contributed by atoms with E-state index in [2.05, 4.69) is 15.9 Å². The molecular weight excluding hydrogens is 340 g/mol. The first-order valence-electron chi connectivity index (χ1n) is 6.47. The molecule has 0 spiro atoms. The Labute approximate surface area is 130 Å². The average Bonchev–Trinajstić information content (AvgIpc) is 2.40. The Morgan fingerprint density at radius 1 is 1.14 bits per heavy atom. The van der Waals surface area contributed by atoms with Gasteiger partial charge in [0.1, 0.15) is 17.2 Å². The van der Waals surface area contributed by atoms with Crippen LogP contribution in [0.3, 0.4) is 0 Å². The highest BCUT2D eigenvalue weighted by Gasteiger charge is 2.24. The van der Waals surface area contributed by atoms with Crippen LogP contribution in [0, 0.1) is 18.6 Å². The number of carbonyl (C=O) groups is 1. The lowest BCUT2D eigenvalue weighted by Crippen LogP contribution is -2.32. The molecule has 21 heavy (non-hydrogen) atoms. The van der Waals surface area contributed by atoms with Gasteiger partial charge in [-0.1, -0.05) is 33.6 Å². The summed E-state index contributed by atoms with van der Waals surface area (Å²) in [5.41, 5.74) is 1.11. The third-order valence-corrected chi connectivity index (χ3v) is 3.59. The molecule has 0 N–H and O–H groups in total. The predicted octanol–water partition coefficient (Wildman–Crippen LogP) is 4.70. The topological polar surface area (TPSA) is 20.3 Å². The Morgan fingerprint density at radius 3 is 2.14 bits per heavy atom. The number of nitrogens with zero attached hydrogens (tertiary/aromatic N) is 1. The van der Waals surface area contributed by atoms with Gasteiger partial charge in [0, 0.05) is 16.7 Å². The Morgan fingerprint density at radius 2 is 1.67 bits per heavy atom. The molecule has 0 aliphatic heterocycles. The standard InChI is InChI=1S/C16H14BrF2NO/c1-3-20(12-6-4-10(2)5-7-12)16(21)15-13(18)8-11(17)9-14(15)19/h4-9H,3H2,1-2H3. The third-order valence-electron chi connectivity index (χ3n) is 3.13. The van der Waals surface area contributed by atoms with Crippen molar-refractivity contribution in [2.45, 2.75) is 13.8 Å². The van der Waals surface area contributed by atoms with Gasteiger partial charge in [-0.15, -0.1) is 0 Å². The predicted molar refractivity (Wildman–Crippen MR) is 82.6 cm³/mol. The number of anilines is 1. The van der Waals surface area contributed by atoms with E-state index >= 15 is 0 Å². The fraction of sp³-hybridized carbons (Fsp3) is 0.188. The molecule has 0 aliphatic carbocycles. The molecule has 0 saturated heterocycles. The van der Waals surface area contributed by atoms with Crippen LogP contribution in [0.15, 0.2) is 40.9 Å². The number of amides is 1. The van der Waals surface area contributed by atoms with Crippen LogP contribution in [-0.4, -0.2) is 12.5 Å². The van der Waals surface area contributed by atoms with Gasteiger partial charge < -0.3 is 4.90 Å². The molecule has 5 heteroatoms. The second-order valence-corrected chi connectivity index (χ2v) is 5.55. The van der Waals surface area contributed by atoms with Gasteiger partial charge >= 0.3 is 0 Å². The first-order valence-corrected chi connectivity index (χ1v) is 7.26. The monoisotopic (exact) mass is 353 g/mol. The molecular formula is C16H14BrF2NO. The summed E-state index contributed by atoms with van der Waals surface area (Å²) in [6, 6.07) is 9.37. The Kier molecular flexibility index (Phi) is 4.73. The lowest BCUT2D eigenvalue weighted by atomic mass is 10.1. The zero-order chi connectivity index (χ0) is 15.6. The molecule has 0 fully saturated rings. The lowest BCUT2D eigenvalue weighted by molar-refractivity contribution is 0.0980. The maximum atomic E-state index is 13.9. The second kappa shape index (κ2) is 6.35. The minimum atomic E-state index is -0.877. The van der Waals surface area contributed by atoms with E-state index in [-0.39, 0.29) is 4.47 Å². The first kappa shape index (κ1) is 15.6. The number of halogens is 3. The lowest BCUT2D eigenvalue weighted by Gasteiger charge is -2.22. The van der Waals surface area contributed by atoms with Crippen LogP contribution < -0.4 is 4.90 Å². The molecule has 2 aromatic rings. The maximum absolute atomic E-state index is 13.9. The molecule has 0 aliphatic rings. The fourth-order valence-corrected chi connectivity index (χ4v) is 2.45. The van der Waals surface area contributed by atoms with Crippen LogP contribution in [0.4, 0.5) is 14.5 Å². The number of hydrogen-bond donors (Lipinski definition) is 0. The number of carbonyl (C=O) groups excluding carboxylic acids is 1. The van der Waals surface area contributed by atoms with Crippen LogP contribution in [0.1, 0.15) is 22.8 Å². The van der Waals surface area contributed by atoms with E-state index in [9.17, 15) is 13.6 Å². The maximum Gasteiger partial charge on any atom is 0.264 e. The SMILES string of the molecule is CCN(C(=O)c1c(F)cc(Br)cc1F)c1ccc(C)cc1. The van der Waals surface area contributed by atoms with Gasteiger partial charge in [-0.3, -0.25) is 4.79 Å². The highest BCUT2D eigenvalue weighted by atomic mass is 79.9. The van der Waals surface area contributed by atoms with Crippen molar-refractivity contribution in [3.05, 3.63) is 63.6 Å². The van der Waals surface area contributed by atoms with E-state index in [1.165, 1.54) is 4.90 Å². The number of benzene rings is 2. The van der Waals surface area contributed by atoms with Crippen molar-refractivity contribution in [2.24, 2.45) is 0 Å². The molecule has 0 aromatic heterocycles. The third kappa shape index (κ3) is 3.29. The minimum absolute atomic E-state index is 0.257. The smallest absolute Gasteiger partial charge is 0.264 e. The van der Waals surface area contributed by atoms with E-state index in [0.717, 1.165) is 17.7 Å². The second-order valence-electron chi connectivity index (χ2n) is 4.63. The normalized spacial score (nSPS) is 10.5. The molecule has 0 radical (unpaired) electrons. The van der Waals surface area contributed by atoms with Crippen molar-refractivity contribution < 1.29 is 13.6 Å². The number of rotatable bonds is 3. The van der Waals surface area contributed by atoms with E-state index < -0.39 is 23.1 Å². The molecule has 1 amide bonds. The molecule has 0 heterocycles. The zero-order valence-corrected chi connectivity index (χ0v) is 13.2. The summed E-state index contributed by atoms with van der Waals surface area (Å²) in [5.74, 6) is -2.45.